The van der Waals surface area contributed by atoms with Crippen LogP contribution in [0.15, 0.2) is 47.5 Å². The van der Waals surface area contributed by atoms with Crippen LogP contribution in [-0.4, -0.2) is 31.2 Å². The zero-order chi connectivity index (χ0) is 18.9. The Bertz CT molecular complexity index is 871. The summed E-state index contributed by atoms with van der Waals surface area (Å²) in [4.78, 5) is 6.64. The van der Waals surface area contributed by atoms with Crippen LogP contribution in [0, 0.1) is 18.7 Å². The maximum Gasteiger partial charge on any atom is 0.183 e. The van der Waals surface area contributed by atoms with Gasteiger partial charge in [-0.15, -0.1) is 0 Å². The molecule has 0 spiro atoms. The van der Waals surface area contributed by atoms with E-state index in [1.54, 1.807) is 13.8 Å². The van der Waals surface area contributed by atoms with Gasteiger partial charge in [-0.2, -0.15) is 0 Å². The standard InChI is InChI=1S/C20H25FN2O2S/c1-15-7-8-18(14-22-15)23-11-9-16(10-12-23)20(2,3)26(24,25)19-6-4-5-17(21)13-19/h4-8,13-14,16H,9-12H2,1-3H3. The highest BCUT2D eigenvalue weighted by Gasteiger charge is 2.43. The van der Waals surface area contributed by atoms with Gasteiger partial charge in [-0.05, 0) is 69.9 Å². The normalized spacial score (nSPS) is 16.7. The predicted octanol–water partition coefficient (Wildman–Crippen LogP) is 4.00. The van der Waals surface area contributed by atoms with Crippen molar-refractivity contribution in [2.24, 2.45) is 5.92 Å². The third kappa shape index (κ3) is 3.47. The molecule has 0 bridgehead atoms. The zero-order valence-corrected chi connectivity index (χ0v) is 16.3. The monoisotopic (exact) mass is 376 g/mol. The number of aromatic nitrogens is 1. The molecule has 1 saturated heterocycles. The molecule has 0 aliphatic carbocycles. The molecule has 140 valence electrons. The van der Waals surface area contributed by atoms with E-state index in [0.717, 1.165) is 43.4 Å². The van der Waals surface area contributed by atoms with Crippen molar-refractivity contribution < 1.29 is 12.8 Å². The molecule has 0 N–H and O–H groups in total. The van der Waals surface area contributed by atoms with Gasteiger partial charge in [0.2, 0.25) is 0 Å². The van der Waals surface area contributed by atoms with Gasteiger partial charge in [0.1, 0.15) is 5.82 Å². The van der Waals surface area contributed by atoms with Gasteiger partial charge in [0.25, 0.3) is 0 Å². The van der Waals surface area contributed by atoms with Gasteiger partial charge in [-0.25, -0.2) is 12.8 Å². The molecule has 1 aliphatic heterocycles. The van der Waals surface area contributed by atoms with Crippen molar-refractivity contribution in [3.63, 3.8) is 0 Å². The highest BCUT2D eigenvalue weighted by Crippen LogP contribution is 2.38. The molecule has 0 unspecified atom stereocenters. The number of benzene rings is 1. The Labute approximate surface area is 155 Å². The van der Waals surface area contributed by atoms with Gasteiger partial charge in [0.05, 0.1) is 21.5 Å². The van der Waals surface area contributed by atoms with Crippen molar-refractivity contribution in [3.8, 4) is 0 Å². The molecule has 26 heavy (non-hydrogen) atoms. The van der Waals surface area contributed by atoms with Crippen LogP contribution in [0.25, 0.3) is 0 Å². The van der Waals surface area contributed by atoms with Crippen LogP contribution in [0.5, 0.6) is 0 Å². The number of hydrogen-bond acceptors (Lipinski definition) is 4. The first-order chi connectivity index (χ1) is 12.2. The zero-order valence-electron chi connectivity index (χ0n) is 15.4. The van der Waals surface area contributed by atoms with E-state index in [1.165, 1.54) is 18.2 Å². The number of anilines is 1. The number of rotatable bonds is 4. The Morgan fingerprint density at radius 3 is 2.42 bits per heavy atom. The lowest BCUT2D eigenvalue weighted by Gasteiger charge is -2.40. The van der Waals surface area contributed by atoms with Crippen LogP contribution in [0.3, 0.4) is 0 Å². The smallest absolute Gasteiger partial charge is 0.183 e. The molecule has 3 rings (SSSR count). The summed E-state index contributed by atoms with van der Waals surface area (Å²) in [7, 11) is -3.62. The van der Waals surface area contributed by atoms with Crippen molar-refractivity contribution in [3.05, 3.63) is 54.1 Å². The Kier molecular flexibility index (Phi) is 5.06. The number of sulfone groups is 1. The highest BCUT2D eigenvalue weighted by molar-refractivity contribution is 7.92. The molecule has 4 nitrogen and oxygen atoms in total. The fourth-order valence-electron chi connectivity index (χ4n) is 3.64. The molecule has 0 atom stereocenters. The fourth-order valence-corrected chi connectivity index (χ4v) is 5.44. The second kappa shape index (κ2) is 6.99. The molecular formula is C20H25FN2O2S. The Morgan fingerprint density at radius 2 is 1.85 bits per heavy atom. The fraction of sp³-hybridized carbons (Fsp3) is 0.450. The molecule has 2 aromatic rings. The van der Waals surface area contributed by atoms with Crippen molar-refractivity contribution >= 4 is 15.5 Å². The van der Waals surface area contributed by atoms with E-state index in [4.69, 9.17) is 0 Å². The molecule has 2 heterocycles. The first-order valence-electron chi connectivity index (χ1n) is 8.89. The van der Waals surface area contributed by atoms with Gasteiger partial charge >= 0.3 is 0 Å². The van der Waals surface area contributed by atoms with Crippen LogP contribution >= 0.6 is 0 Å². The Morgan fingerprint density at radius 1 is 1.15 bits per heavy atom. The molecule has 1 fully saturated rings. The summed E-state index contributed by atoms with van der Waals surface area (Å²) < 4.78 is 38.8. The second-order valence-electron chi connectivity index (χ2n) is 7.48. The minimum Gasteiger partial charge on any atom is -0.370 e. The minimum atomic E-state index is -3.62. The number of nitrogens with zero attached hydrogens (tertiary/aromatic N) is 2. The van der Waals surface area contributed by atoms with Crippen LogP contribution in [0.1, 0.15) is 32.4 Å². The van der Waals surface area contributed by atoms with Crippen molar-refractivity contribution in [1.82, 2.24) is 4.98 Å². The summed E-state index contributed by atoms with van der Waals surface area (Å²) in [5.74, 6) is -0.506. The highest BCUT2D eigenvalue weighted by atomic mass is 32.2. The van der Waals surface area contributed by atoms with Crippen molar-refractivity contribution in [1.29, 1.82) is 0 Å². The van der Waals surface area contributed by atoms with E-state index >= 15 is 0 Å². The minimum absolute atomic E-state index is 0.0189. The van der Waals surface area contributed by atoms with Gasteiger partial charge in [0.15, 0.2) is 9.84 Å². The number of halogens is 1. The van der Waals surface area contributed by atoms with E-state index in [1.807, 2.05) is 19.2 Å². The Balaban J connectivity index is 1.76. The largest absolute Gasteiger partial charge is 0.370 e. The SMILES string of the molecule is Cc1ccc(N2CCC(C(C)(C)S(=O)(=O)c3cccc(F)c3)CC2)cn1. The molecule has 0 radical (unpaired) electrons. The van der Waals surface area contributed by atoms with Crippen LogP contribution < -0.4 is 4.90 Å². The first kappa shape index (κ1) is 18.8. The number of hydrogen-bond donors (Lipinski definition) is 0. The number of pyridine rings is 1. The predicted molar refractivity (Wildman–Crippen MR) is 102 cm³/mol. The van der Waals surface area contributed by atoms with Gasteiger partial charge in [-0.3, -0.25) is 4.98 Å². The molecule has 1 aliphatic rings. The van der Waals surface area contributed by atoms with Crippen LogP contribution in [-0.2, 0) is 9.84 Å². The second-order valence-corrected chi connectivity index (χ2v) is 10.0. The maximum absolute atomic E-state index is 13.5. The van der Waals surface area contributed by atoms with Gasteiger partial charge in [-0.1, -0.05) is 6.07 Å². The lowest BCUT2D eigenvalue weighted by molar-refractivity contribution is 0.324. The van der Waals surface area contributed by atoms with Crippen LogP contribution in [0.4, 0.5) is 10.1 Å². The average molecular weight is 376 g/mol. The molecule has 1 aromatic carbocycles. The number of piperidine rings is 1. The quantitative estimate of drug-likeness (QED) is 0.809. The van der Waals surface area contributed by atoms with Gasteiger partial charge in [0, 0.05) is 18.8 Å². The van der Waals surface area contributed by atoms with Gasteiger partial charge < -0.3 is 4.90 Å². The Hall–Kier alpha value is -1.95. The third-order valence-corrected chi connectivity index (χ3v) is 8.13. The van der Waals surface area contributed by atoms with E-state index in [2.05, 4.69) is 16.0 Å². The number of aryl methyl sites for hydroxylation is 1. The third-order valence-electron chi connectivity index (χ3n) is 5.54. The summed E-state index contributed by atoms with van der Waals surface area (Å²) in [6.45, 7) is 7.06. The summed E-state index contributed by atoms with van der Waals surface area (Å²) in [6.07, 6.45) is 3.41. The van der Waals surface area contributed by atoms with E-state index in [-0.39, 0.29) is 10.8 Å². The summed E-state index contributed by atoms with van der Waals surface area (Å²) >= 11 is 0. The maximum atomic E-state index is 13.5. The van der Waals surface area contributed by atoms with E-state index in [9.17, 15) is 12.8 Å². The first-order valence-corrected chi connectivity index (χ1v) is 10.4. The average Bonchev–Trinajstić information content (AvgIpc) is 2.62. The topological polar surface area (TPSA) is 50.3 Å². The molecule has 1 aromatic heterocycles. The molecule has 0 saturated carbocycles. The molecule has 6 heteroatoms. The summed E-state index contributed by atoms with van der Waals surface area (Å²) in [5.41, 5.74) is 2.05. The van der Waals surface area contributed by atoms with E-state index in [0.29, 0.717) is 0 Å². The lowest BCUT2D eigenvalue weighted by atomic mass is 9.85. The van der Waals surface area contributed by atoms with Crippen molar-refractivity contribution in [2.75, 3.05) is 18.0 Å². The lowest BCUT2D eigenvalue weighted by Crippen LogP contribution is -2.46. The van der Waals surface area contributed by atoms with E-state index < -0.39 is 20.4 Å². The van der Waals surface area contributed by atoms with Crippen LogP contribution in [0.2, 0.25) is 0 Å². The summed E-state index contributed by atoms with van der Waals surface area (Å²) in [6, 6.07) is 9.35. The molecular weight excluding hydrogens is 351 g/mol. The van der Waals surface area contributed by atoms with Crippen molar-refractivity contribution in [2.45, 2.75) is 43.3 Å². The summed E-state index contributed by atoms with van der Waals surface area (Å²) in [5, 5.41) is 0. The molecule has 0 amide bonds.